The molecule has 1 aromatic carbocycles. The highest BCUT2D eigenvalue weighted by Crippen LogP contribution is 2.24. The van der Waals surface area contributed by atoms with Gasteiger partial charge in [0.15, 0.2) is 0 Å². The zero-order valence-corrected chi connectivity index (χ0v) is 11.0. The zero-order chi connectivity index (χ0) is 12.1. The first-order valence-corrected chi connectivity index (χ1v) is 6.95. The molecule has 0 unspecified atom stereocenters. The fourth-order valence-corrected chi connectivity index (χ4v) is 2.67. The molecule has 90 valence electrons. The van der Waals surface area contributed by atoms with E-state index in [1.165, 1.54) is 17.5 Å². The Kier molecular flexibility index (Phi) is 4.29. The molecule has 0 atom stereocenters. The van der Waals surface area contributed by atoms with Crippen molar-refractivity contribution in [1.82, 2.24) is 4.98 Å². The summed E-state index contributed by atoms with van der Waals surface area (Å²) >= 11 is 1.70. The first kappa shape index (κ1) is 12.3. The molecule has 0 aliphatic rings. The Morgan fingerprint density at radius 1 is 1.18 bits per heavy atom. The number of hydrogen-bond acceptors (Lipinski definition) is 3. The van der Waals surface area contributed by atoms with Gasteiger partial charge in [-0.05, 0) is 18.5 Å². The molecular weight excluding hydrogens is 228 g/mol. The monoisotopic (exact) mass is 246 g/mol. The lowest BCUT2D eigenvalue weighted by Crippen LogP contribution is -2.02. The predicted molar refractivity (Wildman–Crippen MR) is 74.3 cm³/mol. The van der Waals surface area contributed by atoms with E-state index in [2.05, 4.69) is 41.6 Å². The minimum atomic E-state index is 0.665. The van der Waals surface area contributed by atoms with Crippen molar-refractivity contribution < 1.29 is 0 Å². The summed E-state index contributed by atoms with van der Waals surface area (Å²) < 4.78 is 0. The summed E-state index contributed by atoms with van der Waals surface area (Å²) in [6.45, 7) is 2.87. The maximum atomic E-state index is 5.53. The van der Waals surface area contributed by atoms with E-state index < -0.39 is 0 Å². The molecule has 0 radical (unpaired) electrons. The third-order valence-corrected chi connectivity index (χ3v) is 3.63. The number of nitrogens with two attached hydrogens (primary N) is 1. The fourth-order valence-electron chi connectivity index (χ4n) is 1.80. The van der Waals surface area contributed by atoms with E-state index in [-0.39, 0.29) is 0 Å². The van der Waals surface area contributed by atoms with Crippen molar-refractivity contribution in [3.8, 4) is 10.6 Å². The van der Waals surface area contributed by atoms with E-state index in [4.69, 9.17) is 5.73 Å². The van der Waals surface area contributed by atoms with Gasteiger partial charge >= 0.3 is 0 Å². The van der Waals surface area contributed by atoms with Crippen LogP contribution in [-0.2, 0) is 12.8 Å². The topological polar surface area (TPSA) is 38.9 Å². The van der Waals surface area contributed by atoms with E-state index in [0.717, 1.165) is 23.5 Å². The van der Waals surface area contributed by atoms with Crippen molar-refractivity contribution in [2.75, 3.05) is 6.54 Å². The lowest BCUT2D eigenvalue weighted by atomic mass is 10.1. The maximum Gasteiger partial charge on any atom is 0.123 e. The minimum absolute atomic E-state index is 0.665. The van der Waals surface area contributed by atoms with Gasteiger partial charge in [-0.2, -0.15) is 0 Å². The van der Waals surface area contributed by atoms with Crippen LogP contribution >= 0.6 is 11.3 Å². The molecule has 0 bridgehead atoms. The molecule has 1 aromatic heterocycles. The number of thiazole rings is 1. The highest BCUT2D eigenvalue weighted by atomic mass is 32.1. The van der Waals surface area contributed by atoms with E-state index >= 15 is 0 Å². The Balaban J connectivity index is 2.15. The van der Waals surface area contributed by atoms with Gasteiger partial charge in [0.1, 0.15) is 5.01 Å². The summed E-state index contributed by atoms with van der Waals surface area (Å²) in [6, 6.07) is 8.72. The van der Waals surface area contributed by atoms with E-state index in [1.807, 2.05) is 0 Å². The first-order chi connectivity index (χ1) is 8.33. The predicted octanol–water partition coefficient (Wildman–Crippen LogP) is 3.26. The molecular formula is C14H18N2S. The van der Waals surface area contributed by atoms with Gasteiger partial charge in [-0.25, -0.2) is 4.98 Å². The number of rotatable bonds is 5. The van der Waals surface area contributed by atoms with Crippen LogP contribution in [-0.4, -0.2) is 11.5 Å². The average Bonchev–Trinajstić information content (AvgIpc) is 2.80. The fraction of sp³-hybridized carbons (Fsp3) is 0.357. The molecule has 0 aliphatic heterocycles. The summed E-state index contributed by atoms with van der Waals surface area (Å²) in [5, 5.41) is 3.19. The van der Waals surface area contributed by atoms with Gasteiger partial charge in [0.25, 0.3) is 0 Å². The molecule has 0 spiro atoms. The molecule has 0 amide bonds. The number of nitrogens with zero attached hydrogens (tertiary/aromatic N) is 1. The van der Waals surface area contributed by atoms with Crippen LogP contribution in [0.25, 0.3) is 10.6 Å². The van der Waals surface area contributed by atoms with Gasteiger partial charge in [-0.3, -0.25) is 0 Å². The van der Waals surface area contributed by atoms with Crippen molar-refractivity contribution in [3.05, 3.63) is 40.9 Å². The van der Waals surface area contributed by atoms with Crippen molar-refractivity contribution >= 4 is 11.3 Å². The molecule has 0 saturated heterocycles. The lowest BCUT2D eigenvalue weighted by Gasteiger charge is -2.00. The summed E-state index contributed by atoms with van der Waals surface area (Å²) in [5.74, 6) is 0. The Bertz CT molecular complexity index is 459. The normalized spacial score (nSPS) is 10.7. The van der Waals surface area contributed by atoms with Crippen molar-refractivity contribution in [3.63, 3.8) is 0 Å². The second-order valence-corrected chi connectivity index (χ2v) is 4.99. The van der Waals surface area contributed by atoms with Crippen LogP contribution in [0.2, 0.25) is 0 Å². The van der Waals surface area contributed by atoms with Crippen LogP contribution in [0.4, 0.5) is 0 Å². The van der Waals surface area contributed by atoms with Crippen molar-refractivity contribution in [1.29, 1.82) is 0 Å². The van der Waals surface area contributed by atoms with Crippen LogP contribution in [0.3, 0.4) is 0 Å². The molecule has 0 saturated carbocycles. The summed E-state index contributed by atoms with van der Waals surface area (Å²) in [6.07, 6.45) is 3.21. The number of aryl methyl sites for hydroxylation is 1. The van der Waals surface area contributed by atoms with E-state index in [0.29, 0.717) is 6.54 Å². The molecule has 2 rings (SSSR count). The van der Waals surface area contributed by atoms with Gasteiger partial charge in [-0.15, -0.1) is 11.3 Å². The van der Waals surface area contributed by atoms with Crippen LogP contribution in [0.1, 0.15) is 24.6 Å². The molecule has 0 aliphatic carbocycles. The third kappa shape index (κ3) is 3.14. The second-order valence-electron chi connectivity index (χ2n) is 4.13. The molecule has 2 nitrogen and oxygen atoms in total. The second kappa shape index (κ2) is 5.94. The largest absolute Gasteiger partial charge is 0.330 e. The smallest absolute Gasteiger partial charge is 0.123 e. The van der Waals surface area contributed by atoms with Crippen LogP contribution in [0.5, 0.6) is 0 Å². The van der Waals surface area contributed by atoms with Gasteiger partial charge < -0.3 is 5.73 Å². The highest BCUT2D eigenvalue weighted by Gasteiger charge is 2.04. The average molecular weight is 246 g/mol. The molecule has 17 heavy (non-hydrogen) atoms. The quantitative estimate of drug-likeness (QED) is 0.879. The van der Waals surface area contributed by atoms with Gasteiger partial charge in [-0.1, -0.05) is 37.6 Å². The van der Waals surface area contributed by atoms with E-state index in [9.17, 15) is 0 Å². The number of hydrogen-bond donors (Lipinski definition) is 1. The Morgan fingerprint density at radius 2 is 1.94 bits per heavy atom. The Labute approximate surface area is 107 Å². The molecule has 1 heterocycles. The number of aromatic nitrogens is 1. The summed E-state index contributed by atoms with van der Waals surface area (Å²) in [5.41, 5.74) is 9.23. The summed E-state index contributed by atoms with van der Waals surface area (Å²) in [4.78, 5) is 4.58. The van der Waals surface area contributed by atoms with Crippen LogP contribution in [0, 0.1) is 0 Å². The number of benzene rings is 1. The summed E-state index contributed by atoms with van der Waals surface area (Å²) in [7, 11) is 0. The van der Waals surface area contributed by atoms with Crippen LogP contribution < -0.4 is 5.73 Å². The van der Waals surface area contributed by atoms with Crippen LogP contribution in [0.15, 0.2) is 29.6 Å². The molecule has 3 heteroatoms. The minimum Gasteiger partial charge on any atom is -0.330 e. The lowest BCUT2D eigenvalue weighted by molar-refractivity contribution is 0.922. The zero-order valence-electron chi connectivity index (χ0n) is 10.1. The highest BCUT2D eigenvalue weighted by molar-refractivity contribution is 7.13. The molecule has 2 aromatic rings. The van der Waals surface area contributed by atoms with Crippen molar-refractivity contribution in [2.45, 2.75) is 26.2 Å². The Hall–Kier alpha value is -1.19. The standard InChI is InChI=1S/C14H18N2S/c1-2-3-11-4-6-12(7-5-11)14-16-13(8-9-15)10-17-14/h4-7,10H,2-3,8-9,15H2,1H3. The molecule has 2 N–H and O–H groups in total. The van der Waals surface area contributed by atoms with Crippen molar-refractivity contribution in [2.24, 2.45) is 5.73 Å². The van der Waals surface area contributed by atoms with Gasteiger partial charge in [0, 0.05) is 17.4 Å². The third-order valence-electron chi connectivity index (χ3n) is 2.69. The maximum absolute atomic E-state index is 5.53. The van der Waals surface area contributed by atoms with E-state index in [1.54, 1.807) is 11.3 Å². The van der Waals surface area contributed by atoms with Gasteiger partial charge in [0.05, 0.1) is 5.69 Å². The Morgan fingerprint density at radius 3 is 2.59 bits per heavy atom. The molecule has 0 fully saturated rings. The first-order valence-electron chi connectivity index (χ1n) is 6.07. The SMILES string of the molecule is CCCc1ccc(-c2nc(CCN)cs2)cc1. The van der Waals surface area contributed by atoms with Gasteiger partial charge in [0.2, 0.25) is 0 Å².